The van der Waals surface area contributed by atoms with Crippen molar-refractivity contribution in [3.05, 3.63) is 23.9 Å². The number of rotatable bonds is 5. The van der Waals surface area contributed by atoms with E-state index in [1.54, 1.807) is 7.11 Å². The maximum Gasteiger partial charge on any atom is 0.213 e. The molecule has 1 saturated heterocycles. The molecule has 100 valence electrons. The van der Waals surface area contributed by atoms with Gasteiger partial charge in [0.15, 0.2) is 0 Å². The average Bonchev–Trinajstić information content (AvgIpc) is 2.45. The van der Waals surface area contributed by atoms with E-state index in [0.717, 1.165) is 25.3 Å². The van der Waals surface area contributed by atoms with Crippen molar-refractivity contribution in [2.45, 2.75) is 32.4 Å². The van der Waals surface area contributed by atoms with Crippen molar-refractivity contribution in [2.75, 3.05) is 26.7 Å². The van der Waals surface area contributed by atoms with Gasteiger partial charge in [-0.2, -0.15) is 0 Å². The fraction of sp³-hybridized carbons (Fsp3) is 0.643. The van der Waals surface area contributed by atoms with E-state index in [9.17, 15) is 0 Å². The first-order valence-electron chi connectivity index (χ1n) is 6.77. The highest BCUT2D eigenvalue weighted by atomic mass is 16.5. The van der Waals surface area contributed by atoms with Crippen molar-refractivity contribution < 1.29 is 4.74 Å². The summed E-state index contributed by atoms with van der Waals surface area (Å²) in [6, 6.07) is 6.49. The SMILES string of the molecule is CCN1CCCC(NCc2cccc(OC)n2)C1. The molecule has 0 amide bonds. The number of piperidine rings is 1. The summed E-state index contributed by atoms with van der Waals surface area (Å²) in [4.78, 5) is 6.92. The molecule has 0 bridgehead atoms. The van der Waals surface area contributed by atoms with Gasteiger partial charge in [-0.15, -0.1) is 0 Å². The summed E-state index contributed by atoms with van der Waals surface area (Å²) in [6.07, 6.45) is 2.55. The molecule has 1 aliphatic heterocycles. The third-order valence-corrected chi connectivity index (χ3v) is 3.51. The van der Waals surface area contributed by atoms with Crippen molar-refractivity contribution in [2.24, 2.45) is 0 Å². The van der Waals surface area contributed by atoms with Crippen LogP contribution in [0.25, 0.3) is 0 Å². The van der Waals surface area contributed by atoms with Crippen molar-refractivity contribution in [1.29, 1.82) is 0 Å². The topological polar surface area (TPSA) is 37.4 Å². The van der Waals surface area contributed by atoms with Gasteiger partial charge in [0.2, 0.25) is 5.88 Å². The van der Waals surface area contributed by atoms with E-state index in [1.165, 1.54) is 19.4 Å². The molecule has 0 aliphatic carbocycles. The standard InChI is InChI=1S/C14H23N3O/c1-3-17-9-5-7-13(11-17)15-10-12-6-4-8-14(16-12)18-2/h4,6,8,13,15H,3,5,7,9-11H2,1-2H3. The molecule has 1 aromatic rings. The smallest absolute Gasteiger partial charge is 0.213 e. The van der Waals surface area contributed by atoms with E-state index in [2.05, 4.69) is 22.1 Å². The monoisotopic (exact) mass is 249 g/mol. The first-order valence-corrected chi connectivity index (χ1v) is 6.77. The lowest BCUT2D eigenvalue weighted by molar-refractivity contribution is 0.198. The van der Waals surface area contributed by atoms with E-state index in [-0.39, 0.29) is 0 Å². The van der Waals surface area contributed by atoms with Crippen molar-refractivity contribution in [3.8, 4) is 5.88 Å². The maximum absolute atomic E-state index is 5.13. The van der Waals surface area contributed by atoms with Gasteiger partial charge in [-0.05, 0) is 32.0 Å². The van der Waals surface area contributed by atoms with Gasteiger partial charge >= 0.3 is 0 Å². The molecule has 1 N–H and O–H groups in total. The zero-order valence-corrected chi connectivity index (χ0v) is 11.4. The molecule has 1 unspecified atom stereocenters. The Morgan fingerprint density at radius 2 is 2.39 bits per heavy atom. The Morgan fingerprint density at radius 3 is 3.17 bits per heavy atom. The largest absolute Gasteiger partial charge is 0.481 e. The highest BCUT2D eigenvalue weighted by Crippen LogP contribution is 2.11. The summed E-state index contributed by atoms with van der Waals surface area (Å²) < 4.78 is 5.13. The van der Waals surface area contributed by atoms with E-state index in [4.69, 9.17) is 4.74 Å². The van der Waals surface area contributed by atoms with Crippen molar-refractivity contribution in [3.63, 3.8) is 0 Å². The highest BCUT2D eigenvalue weighted by molar-refractivity contribution is 5.15. The van der Waals surface area contributed by atoms with Crippen molar-refractivity contribution in [1.82, 2.24) is 15.2 Å². The number of hydrogen-bond acceptors (Lipinski definition) is 4. The number of ether oxygens (including phenoxy) is 1. The lowest BCUT2D eigenvalue weighted by Crippen LogP contribution is -2.45. The van der Waals surface area contributed by atoms with Gasteiger partial charge in [-0.3, -0.25) is 0 Å². The second-order valence-electron chi connectivity index (χ2n) is 4.78. The van der Waals surface area contributed by atoms with Gasteiger partial charge in [0, 0.05) is 25.2 Å². The Labute approximate surface area is 109 Å². The predicted molar refractivity (Wildman–Crippen MR) is 72.8 cm³/mol. The van der Waals surface area contributed by atoms with Crippen LogP contribution in [0.5, 0.6) is 5.88 Å². The summed E-state index contributed by atoms with van der Waals surface area (Å²) >= 11 is 0. The molecule has 0 spiro atoms. The lowest BCUT2D eigenvalue weighted by Gasteiger charge is -2.32. The Hall–Kier alpha value is -1.13. The molecule has 4 nitrogen and oxygen atoms in total. The normalized spacial score (nSPS) is 20.9. The number of nitrogens with zero attached hydrogens (tertiary/aromatic N) is 2. The first kappa shape index (κ1) is 13.3. The summed E-state index contributed by atoms with van der Waals surface area (Å²) in [5.74, 6) is 0.688. The summed E-state index contributed by atoms with van der Waals surface area (Å²) in [5.41, 5.74) is 1.04. The van der Waals surface area contributed by atoms with Crippen LogP contribution in [0.4, 0.5) is 0 Å². The molecule has 2 heterocycles. The number of likely N-dealkylation sites (N-methyl/N-ethyl adjacent to an activating group) is 1. The molecule has 0 radical (unpaired) electrons. The van der Waals surface area contributed by atoms with Crippen LogP contribution in [0.3, 0.4) is 0 Å². The van der Waals surface area contributed by atoms with Crippen LogP contribution in [0, 0.1) is 0 Å². The van der Waals surface area contributed by atoms with Gasteiger partial charge < -0.3 is 15.0 Å². The molecular formula is C14H23N3O. The molecule has 1 fully saturated rings. The quantitative estimate of drug-likeness (QED) is 0.861. The van der Waals surface area contributed by atoms with Gasteiger partial charge in [0.1, 0.15) is 0 Å². The number of nitrogens with one attached hydrogen (secondary N) is 1. The minimum atomic E-state index is 0.590. The second-order valence-corrected chi connectivity index (χ2v) is 4.78. The van der Waals surface area contributed by atoms with Crippen LogP contribution < -0.4 is 10.1 Å². The number of methoxy groups -OCH3 is 1. The van der Waals surface area contributed by atoms with E-state index < -0.39 is 0 Å². The number of aromatic nitrogens is 1. The molecular weight excluding hydrogens is 226 g/mol. The van der Waals surface area contributed by atoms with Crippen molar-refractivity contribution >= 4 is 0 Å². The fourth-order valence-electron chi connectivity index (χ4n) is 2.43. The van der Waals surface area contributed by atoms with Crippen LogP contribution in [0.15, 0.2) is 18.2 Å². The maximum atomic E-state index is 5.13. The van der Waals surface area contributed by atoms with Gasteiger partial charge in [-0.25, -0.2) is 4.98 Å². The summed E-state index contributed by atoms with van der Waals surface area (Å²) in [5, 5.41) is 3.59. The van der Waals surface area contributed by atoms with E-state index >= 15 is 0 Å². The molecule has 1 atom stereocenters. The Bertz CT molecular complexity index is 370. The minimum absolute atomic E-state index is 0.590. The molecule has 2 rings (SSSR count). The third kappa shape index (κ3) is 3.68. The van der Waals surface area contributed by atoms with Gasteiger partial charge in [0.25, 0.3) is 0 Å². The Morgan fingerprint density at radius 1 is 1.50 bits per heavy atom. The Balaban J connectivity index is 1.83. The van der Waals surface area contributed by atoms with E-state index in [0.29, 0.717) is 11.9 Å². The molecule has 18 heavy (non-hydrogen) atoms. The first-order chi connectivity index (χ1) is 8.81. The third-order valence-electron chi connectivity index (χ3n) is 3.51. The summed E-state index contributed by atoms with van der Waals surface area (Å²) in [7, 11) is 1.65. The summed E-state index contributed by atoms with van der Waals surface area (Å²) in [6.45, 7) is 6.59. The Kier molecular flexibility index (Phi) is 4.96. The van der Waals surface area contributed by atoms with Gasteiger partial charge in [0.05, 0.1) is 12.8 Å². The molecule has 0 saturated carbocycles. The van der Waals surface area contributed by atoms with Crippen LogP contribution in [0.2, 0.25) is 0 Å². The molecule has 4 heteroatoms. The average molecular weight is 249 g/mol. The van der Waals surface area contributed by atoms with Crippen LogP contribution in [0.1, 0.15) is 25.5 Å². The number of likely N-dealkylation sites (tertiary alicyclic amines) is 1. The number of pyridine rings is 1. The van der Waals surface area contributed by atoms with Gasteiger partial charge in [-0.1, -0.05) is 13.0 Å². The fourth-order valence-corrected chi connectivity index (χ4v) is 2.43. The zero-order valence-electron chi connectivity index (χ0n) is 11.4. The van der Waals surface area contributed by atoms with Crippen LogP contribution in [-0.4, -0.2) is 42.7 Å². The van der Waals surface area contributed by atoms with E-state index in [1.807, 2.05) is 18.2 Å². The minimum Gasteiger partial charge on any atom is -0.481 e. The number of hydrogen-bond donors (Lipinski definition) is 1. The second kappa shape index (κ2) is 6.71. The zero-order chi connectivity index (χ0) is 12.8. The van der Waals surface area contributed by atoms with Crippen LogP contribution >= 0.6 is 0 Å². The van der Waals surface area contributed by atoms with Crippen LogP contribution in [-0.2, 0) is 6.54 Å². The lowest BCUT2D eigenvalue weighted by atomic mass is 10.1. The molecule has 1 aromatic heterocycles. The molecule has 0 aromatic carbocycles. The highest BCUT2D eigenvalue weighted by Gasteiger charge is 2.17. The molecule has 1 aliphatic rings. The predicted octanol–water partition coefficient (Wildman–Crippen LogP) is 1.66.